The molecule has 4 rings (SSSR count). The molecule has 1 amide bonds. The molecule has 0 saturated carbocycles. The lowest BCUT2D eigenvalue weighted by atomic mass is 10.1. The lowest BCUT2D eigenvalue weighted by Crippen LogP contribution is -2.29. The van der Waals surface area contributed by atoms with Gasteiger partial charge in [-0.25, -0.2) is 9.36 Å². The van der Waals surface area contributed by atoms with Crippen molar-refractivity contribution in [3.8, 4) is 0 Å². The van der Waals surface area contributed by atoms with Crippen molar-refractivity contribution in [2.45, 2.75) is 25.4 Å². The molecule has 1 aromatic carbocycles. The van der Waals surface area contributed by atoms with Gasteiger partial charge < -0.3 is 10.6 Å². The predicted molar refractivity (Wildman–Crippen MR) is 91.0 cm³/mol. The highest BCUT2D eigenvalue weighted by Gasteiger charge is 2.25. The number of aryl methyl sites for hydroxylation is 1. The maximum atomic E-state index is 12.9. The zero-order valence-electron chi connectivity index (χ0n) is 13.5. The number of rotatable bonds is 5. The minimum Gasteiger partial charge on any atom is -0.368 e. The van der Waals surface area contributed by atoms with Crippen molar-refractivity contribution in [1.82, 2.24) is 30.0 Å². The van der Waals surface area contributed by atoms with Gasteiger partial charge in [-0.2, -0.15) is 5.10 Å². The van der Waals surface area contributed by atoms with Gasteiger partial charge in [0.1, 0.15) is 23.9 Å². The summed E-state index contributed by atoms with van der Waals surface area (Å²) in [5, 5.41) is 21.8. The van der Waals surface area contributed by atoms with E-state index >= 15 is 0 Å². The van der Waals surface area contributed by atoms with Gasteiger partial charge in [-0.15, -0.1) is 5.10 Å². The first-order valence-electron chi connectivity index (χ1n) is 8.18. The van der Waals surface area contributed by atoms with Crippen LogP contribution in [0.3, 0.4) is 0 Å². The van der Waals surface area contributed by atoms with Crippen LogP contribution in [0.1, 0.15) is 18.0 Å². The molecule has 0 radical (unpaired) electrons. The molecule has 3 aromatic rings. The Morgan fingerprint density at radius 3 is 3.00 bits per heavy atom. The molecule has 2 N–H and O–H groups in total. The zero-order chi connectivity index (χ0) is 17.1. The molecule has 0 bridgehead atoms. The van der Waals surface area contributed by atoms with E-state index in [-0.39, 0.29) is 5.91 Å². The Kier molecular flexibility index (Phi) is 4.11. The van der Waals surface area contributed by atoms with E-state index in [2.05, 4.69) is 31.3 Å². The Balaban J connectivity index is 1.57. The molecule has 1 atom stereocenters. The van der Waals surface area contributed by atoms with Gasteiger partial charge in [0, 0.05) is 19.5 Å². The van der Waals surface area contributed by atoms with Crippen LogP contribution in [0.15, 0.2) is 42.9 Å². The number of tetrazole rings is 1. The Morgan fingerprint density at radius 2 is 2.20 bits per heavy atom. The van der Waals surface area contributed by atoms with E-state index in [9.17, 15) is 4.79 Å². The fourth-order valence-electron chi connectivity index (χ4n) is 2.94. The van der Waals surface area contributed by atoms with Crippen LogP contribution < -0.4 is 10.6 Å². The van der Waals surface area contributed by atoms with Crippen LogP contribution in [-0.4, -0.2) is 42.4 Å². The molecule has 25 heavy (non-hydrogen) atoms. The maximum Gasteiger partial charge on any atom is 0.249 e. The van der Waals surface area contributed by atoms with Gasteiger partial charge in [0.05, 0.1) is 6.20 Å². The Labute approximate surface area is 144 Å². The van der Waals surface area contributed by atoms with Gasteiger partial charge in [0.25, 0.3) is 0 Å². The van der Waals surface area contributed by atoms with Gasteiger partial charge in [0.15, 0.2) is 0 Å². The average Bonchev–Trinajstić information content (AvgIpc) is 3.31. The van der Waals surface area contributed by atoms with E-state index in [1.165, 1.54) is 11.0 Å². The minimum atomic E-state index is -0.545. The van der Waals surface area contributed by atoms with Crippen molar-refractivity contribution in [3.05, 3.63) is 48.4 Å². The van der Waals surface area contributed by atoms with Crippen LogP contribution >= 0.6 is 0 Å². The number of benzene rings is 1. The average molecular weight is 338 g/mol. The number of fused-ring (bicyclic) bond motifs is 1. The third-order valence-corrected chi connectivity index (χ3v) is 4.20. The summed E-state index contributed by atoms with van der Waals surface area (Å²) in [6, 6.07) is 9.25. The van der Waals surface area contributed by atoms with Crippen molar-refractivity contribution < 1.29 is 4.79 Å². The van der Waals surface area contributed by atoms with Gasteiger partial charge in [-0.3, -0.25) is 4.79 Å². The van der Waals surface area contributed by atoms with Crippen LogP contribution in [0.4, 0.5) is 11.5 Å². The monoisotopic (exact) mass is 338 g/mol. The SMILES string of the molecule is O=C(Nc1cnn2c1NCCC2)C(Cc1ccccc1)n1cnnn1. The first-order valence-corrected chi connectivity index (χ1v) is 8.18. The lowest BCUT2D eigenvalue weighted by Gasteiger charge is -2.19. The van der Waals surface area contributed by atoms with Crippen molar-refractivity contribution in [1.29, 1.82) is 0 Å². The van der Waals surface area contributed by atoms with Gasteiger partial charge in [-0.05, 0) is 22.4 Å². The van der Waals surface area contributed by atoms with E-state index in [1.54, 1.807) is 6.20 Å². The summed E-state index contributed by atoms with van der Waals surface area (Å²) in [6.07, 6.45) is 4.64. The fraction of sp³-hybridized carbons (Fsp3) is 0.312. The first kappa shape index (κ1) is 15.3. The molecule has 0 aliphatic carbocycles. The number of anilines is 2. The molecular formula is C16H18N8O. The van der Waals surface area contributed by atoms with Crippen LogP contribution in [-0.2, 0) is 17.8 Å². The van der Waals surface area contributed by atoms with E-state index in [0.717, 1.165) is 30.9 Å². The number of aromatic nitrogens is 6. The highest BCUT2D eigenvalue weighted by molar-refractivity contribution is 5.96. The highest BCUT2D eigenvalue weighted by Crippen LogP contribution is 2.25. The first-order chi connectivity index (χ1) is 12.3. The molecule has 1 unspecified atom stereocenters. The molecular weight excluding hydrogens is 320 g/mol. The zero-order valence-corrected chi connectivity index (χ0v) is 13.5. The topological polar surface area (TPSA) is 103 Å². The molecule has 0 spiro atoms. The third kappa shape index (κ3) is 3.21. The number of nitrogens with one attached hydrogen (secondary N) is 2. The van der Waals surface area contributed by atoms with Gasteiger partial charge >= 0.3 is 0 Å². The Hall–Kier alpha value is -3.23. The van der Waals surface area contributed by atoms with Crippen molar-refractivity contribution in [3.63, 3.8) is 0 Å². The van der Waals surface area contributed by atoms with E-state index in [1.807, 2.05) is 35.0 Å². The van der Waals surface area contributed by atoms with Crippen LogP contribution in [0.2, 0.25) is 0 Å². The molecule has 9 heteroatoms. The van der Waals surface area contributed by atoms with E-state index < -0.39 is 6.04 Å². The molecule has 9 nitrogen and oxygen atoms in total. The summed E-state index contributed by atoms with van der Waals surface area (Å²) < 4.78 is 3.34. The third-order valence-electron chi connectivity index (χ3n) is 4.20. The summed E-state index contributed by atoms with van der Waals surface area (Å²) >= 11 is 0. The Morgan fingerprint density at radius 1 is 1.32 bits per heavy atom. The summed E-state index contributed by atoms with van der Waals surface area (Å²) in [4.78, 5) is 12.9. The predicted octanol–water partition coefficient (Wildman–Crippen LogP) is 1.11. The second kappa shape index (κ2) is 6.71. The summed E-state index contributed by atoms with van der Waals surface area (Å²) in [7, 11) is 0. The second-order valence-corrected chi connectivity index (χ2v) is 5.89. The quantitative estimate of drug-likeness (QED) is 0.722. The van der Waals surface area contributed by atoms with Crippen molar-refractivity contribution in [2.24, 2.45) is 0 Å². The van der Waals surface area contributed by atoms with Crippen LogP contribution in [0.25, 0.3) is 0 Å². The van der Waals surface area contributed by atoms with Crippen molar-refractivity contribution >= 4 is 17.4 Å². The van der Waals surface area contributed by atoms with Crippen LogP contribution in [0.5, 0.6) is 0 Å². The number of hydrogen-bond acceptors (Lipinski definition) is 6. The summed E-state index contributed by atoms with van der Waals surface area (Å²) in [6.45, 7) is 1.72. The largest absolute Gasteiger partial charge is 0.368 e. The van der Waals surface area contributed by atoms with Crippen LogP contribution in [0, 0.1) is 0 Å². The maximum absolute atomic E-state index is 12.9. The summed E-state index contributed by atoms with van der Waals surface area (Å²) in [5.74, 6) is 0.661. The molecule has 0 saturated heterocycles. The second-order valence-electron chi connectivity index (χ2n) is 5.89. The van der Waals surface area contributed by atoms with Gasteiger partial charge in [0.2, 0.25) is 5.91 Å². The number of carbonyl (C=O) groups is 1. The van der Waals surface area contributed by atoms with Crippen molar-refractivity contribution in [2.75, 3.05) is 17.2 Å². The minimum absolute atomic E-state index is 0.181. The molecule has 1 aliphatic heterocycles. The molecule has 2 aromatic heterocycles. The summed E-state index contributed by atoms with van der Waals surface area (Å²) in [5.41, 5.74) is 1.71. The number of amides is 1. The molecule has 0 fully saturated rings. The smallest absolute Gasteiger partial charge is 0.249 e. The number of nitrogens with zero attached hydrogens (tertiary/aromatic N) is 6. The highest BCUT2D eigenvalue weighted by atomic mass is 16.2. The molecule has 3 heterocycles. The number of hydrogen-bond donors (Lipinski definition) is 2. The standard InChI is InChI=1S/C16H18N8O/c25-16(20-13-10-19-23-8-4-7-17-15(13)23)14(24-11-18-21-22-24)9-12-5-2-1-3-6-12/h1-3,5-6,10-11,14,17H,4,7-9H2,(H,20,25). The number of carbonyl (C=O) groups excluding carboxylic acids is 1. The van der Waals surface area contributed by atoms with E-state index in [4.69, 9.17) is 0 Å². The normalized spacial score (nSPS) is 14.4. The van der Waals surface area contributed by atoms with Gasteiger partial charge in [-0.1, -0.05) is 30.3 Å². The van der Waals surface area contributed by atoms with E-state index in [0.29, 0.717) is 12.1 Å². The molecule has 1 aliphatic rings. The Bertz CT molecular complexity index is 842. The molecule has 128 valence electrons. The fourth-order valence-corrected chi connectivity index (χ4v) is 2.94. The lowest BCUT2D eigenvalue weighted by molar-refractivity contribution is -0.119.